The molecule has 1 aromatic heterocycles. The first kappa shape index (κ1) is 23.2. The Morgan fingerprint density at radius 2 is 1.83 bits per heavy atom. The number of nitrogens with one attached hydrogen (secondary N) is 1. The Morgan fingerprint density at radius 1 is 1.07 bits per heavy atom. The van der Waals surface area contributed by atoms with Gasteiger partial charge in [-0.05, 0) is 63.1 Å². The van der Waals surface area contributed by atoms with Crippen molar-refractivity contribution in [2.45, 2.75) is 13.8 Å². The number of likely N-dealkylation sites (N-methyl/N-ethyl adjacent to an activating group) is 2. The summed E-state index contributed by atoms with van der Waals surface area (Å²) in [5.41, 5.74) is 1.01. The largest absolute Gasteiger partial charge is 0.493 e. The Labute approximate surface area is 178 Å². The topological polar surface area (TPSA) is 54.0 Å². The van der Waals surface area contributed by atoms with E-state index in [4.69, 9.17) is 9.47 Å². The van der Waals surface area contributed by atoms with Crippen LogP contribution in [0.3, 0.4) is 0 Å². The van der Waals surface area contributed by atoms with Crippen LogP contribution in [-0.2, 0) is 0 Å². The van der Waals surface area contributed by atoms with Gasteiger partial charge in [0.05, 0.1) is 12.0 Å². The number of amides is 1. The van der Waals surface area contributed by atoms with Crippen molar-refractivity contribution in [3.63, 3.8) is 0 Å². The highest BCUT2D eigenvalue weighted by atomic mass is 32.1. The van der Waals surface area contributed by atoms with E-state index in [2.05, 4.69) is 24.1 Å². The first-order valence-corrected chi connectivity index (χ1v) is 10.9. The van der Waals surface area contributed by atoms with Gasteiger partial charge in [-0.2, -0.15) is 0 Å². The Kier molecular flexibility index (Phi) is 9.44. The monoisotopic (exact) mass is 419 g/mol. The predicted octanol–water partition coefficient (Wildman–Crippen LogP) is 3.44. The molecule has 6 nitrogen and oxygen atoms in total. The zero-order valence-electron chi connectivity index (χ0n) is 18.2. The summed E-state index contributed by atoms with van der Waals surface area (Å²) >= 11 is 1.48. The fourth-order valence-electron chi connectivity index (χ4n) is 2.86. The Balaban J connectivity index is 2.02. The maximum atomic E-state index is 12.3. The maximum Gasteiger partial charge on any atom is 0.261 e. The summed E-state index contributed by atoms with van der Waals surface area (Å²) in [6.45, 7) is 9.28. The van der Waals surface area contributed by atoms with E-state index >= 15 is 0 Å². The Morgan fingerprint density at radius 3 is 2.48 bits per heavy atom. The molecule has 1 aromatic carbocycles. The van der Waals surface area contributed by atoms with Crippen LogP contribution in [0.15, 0.2) is 30.3 Å². The van der Waals surface area contributed by atoms with Crippen molar-refractivity contribution in [3.05, 3.63) is 35.2 Å². The number of thiophene rings is 1. The molecule has 2 rings (SSSR count). The normalized spacial score (nSPS) is 11.1. The Bertz CT molecular complexity index is 772. The highest BCUT2D eigenvalue weighted by Gasteiger charge is 2.13. The number of hydrogen-bond acceptors (Lipinski definition) is 6. The lowest BCUT2D eigenvalue weighted by molar-refractivity contribution is 0.0955. The van der Waals surface area contributed by atoms with E-state index in [1.54, 1.807) is 7.11 Å². The lowest BCUT2D eigenvalue weighted by atomic mass is 10.1. The number of carbonyl (C=O) groups excluding carboxylic acids is 1. The second-order valence-electron chi connectivity index (χ2n) is 6.96. The molecule has 0 aliphatic rings. The summed E-state index contributed by atoms with van der Waals surface area (Å²) < 4.78 is 11.5. The van der Waals surface area contributed by atoms with Crippen LogP contribution < -0.4 is 14.8 Å². The van der Waals surface area contributed by atoms with E-state index in [-0.39, 0.29) is 5.91 Å². The Hall–Kier alpha value is -2.09. The van der Waals surface area contributed by atoms with Gasteiger partial charge >= 0.3 is 0 Å². The van der Waals surface area contributed by atoms with Crippen LogP contribution in [0.25, 0.3) is 10.4 Å². The van der Waals surface area contributed by atoms with Gasteiger partial charge in [0, 0.05) is 24.5 Å². The van der Waals surface area contributed by atoms with Gasteiger partial charge in [-0.25, -0.2) is 0 Å². The molecule has 0 saturated heterocycles. The molecule has 7 heteroatoms. The average Bonchev–Trinajstić information content (AvgIpc) is 3.21. The van der Waals surface area contributed by atoms with Crippen LogP contribution in [0.4, 0.5) is 0 Å². The summed E-state index contributed by atoms with van der Waals surface area (Å²) in [6, 6.07) is 9.75. The molecule has 0 saturated carbocycles. The smallest absolute Gasteiger partial charge is 0.261 e. The standard InChI is InChI=1S/C22H33N3O3S/c1-6-25(7-2)14-15-28-18-9-8-17(16-19(18)27-5)20-10-11-21(29-20)22(26)23-12-13-24(3)4/h8-11,16H,6-7,12-15H2,1-5H3,(H,23,26). The summed E-state index contributed by atoms with van der Waals surface area (Å²) in [7, 11) is 5.62. The van der Waals surface area contributed by atoms with Crippen molar-refractivity contribution >= 4 is 17.2 Å². The summed E-state index contributed by atoms with van der Waals surface area (Å²) in [6.07, 6.45) is 0. The second-order valence-corrected chi connectivity index (χ2v) is 8.05. The van der Waals surface area contributed by atoms with E-state index in [0.717, 1.165) is 42.4 Å². The SMILES string of the molecule is CCN(CC)CCOc1ccc(-c2ccc(C(=O)NCCN(C)C)s2)cc1OC. The minimum atomic E-state index is -0.0357. The van der Waals surface area contributed by atoms with Crippen molar-refractivity contribution in [1.29, 1.82) is 0 Å². The van der Waals surface area contributed by atoms with Crippen molar-refractivity contribution in [1.82, 2.24) is 15.1 Å². The zero-order valence-corrected chi connectivity index (χ0v) is 19.0. The van der Waals surface area contributed by atoms with Crippen molar-refractivity contribution < 1.29 is 14.3 Å². The van der Waals surface area contributed by atoms with E-state index in [1.807, 2.05) is 49.3 Å². The van der Waals surface area contributed by atoms with E-state index in [0.29, 0.717) is 23.8 Å². The highest BCUT2D eigenvalue weighted by Crippen LogP contribution is 2.35. The molecule has 0 bridgehead atoms. The van der Waals surface area contributed by atoms with Gasteiger partial charge in [0.15, 0.2) is 11.5 Å². The molecule has 0 atom stereocenters. The fourth-order valence-corrected chi connectivity index (χ4v) is 3.78. The molecule has 0 fully saturated rings. The van der Waals surface area contributed by atoms with Crippen LogP contribution in [0.1, 0.15) is 23.5 Å². The van der Waals surface area contributed by atoms with Gasteiger partial charge in [0.2, 0.25) is 0 Å². The molecule has 0 unspecified atom stereocenters. The number of ether oxygens (including phenoxy) is 2. The van der Waals surface area contributed by atoms with Crippen LogP contribution in [0, 0.1) is 0 Å². The van der Waals surface area contributed by atoms with Gasteiger partial charge in [-0.1, -0.05) is 13.8 Å². The number of benzene rings is 1. The number of carbonyl (C=O) groups is 1. The summed E-state index contributed by atoms with van der Waals surface area (Å²) in [4.78, 5) is 18.4. The van der Waals surface area contributed by atoms with Gasteiger partial charge in [-0.15, -0.1) is 11.3 Å². The van der Waals surface area contributed by atoms with E-state index < -0.39 is 0 Å². The van der Waals surface area contributed by atoms with Crippen LogP contribution in [0.2, 0.25) is 0 Å². The molecule has 1 N–H and O–H groups in total. The van der Waals surface area contributed by atoms with Crippen LogP contribution >= 0.6 is 11.3 Å². The predicted molar refractivity (Wildman–Crippen MR) is 120 cm³/mol. The van der Waals surface area contributed by atoms with Gasteiger partial charge in [0.25, 0.3) is 5.91 Å². The average molecular weight is 420 g/mol. The van der Waals surface area contributed by atoms with E-state index in [9.17, 15) is 4.79 Å². The third-order valence-corrected chi connectivity index (χ3v) is 5.82. The van der Waals surface area contributed by atoms with Gasteiger partial charge in [-0.3, -0.25) is 4.79 Å². The molecule has 2 aromatic rings. The molecular formula is C22H33N3O3S. The highest BCUT2D eigenvalue weighted by molar-refractivity contribution is 7.17. The molecule has 29 heavy (non-hydrogen) atoms. The zero-order chi connectivity index (χ0) is 21.2. The van der Waals surface area contributed by atoms with Gasteiger partial charge < -0.3 is 24.6 Å². The third-order valence-electron chi connectivity index (χ3n) is 4.68. The quantitative estimate of drug-likeness (QED) is 0.571. The van der Waals surface area contributed by atoms with Crippen LogP contribution in [0.5, 0.6) is 11.5 Å². The lowest BCUT2D eigenvalue weighted by Gasteiger charge is -2.18. The minimum absolute atomic E-state index is 0.0357. The molecule has 1 heterocycles. The van der Waals surface area contributed by atoms with Crippen molar-refractivity contribution in [3.8, 4) is 21.9 Å². The maximum absolute atomic E-state index is 12.3. The van der Waals surface area contributed by atoms with Crippen molar-refractivity contribution in [2.75, 3.05) is 60.5 Å². The minimum Gasteiger partial charge on any atom is -0.493 e. The number of rotatable bonds is 12. The number of hydrogen-bond donors (Lipinski definition) is 1. The molecular weight excluding hydrogens is 386 g/mol. The van der Waals surface area contributed by atoms with E-state index in [1.165, 1.54) is 11.3 Å². The number of nitrogens with zero attached hydrogens (tertiary/aromatic N) is 2. The summed E-state index contributed by atoms with van der Waals surface area (Å²) in [5.74, 6) is 1.40. The van der Waals surface area contributed by atoms with Gasteiger partial charge in [0.1, 0.15) is 6.61 Å². The molecule has 0 radical (unpaired) electrons. The number of methoxy groups -OCH3 is 1. The molecule has 0 spiro atoms. The lowest BCUT2D eigenvalue weighted by Crippen LogP contribution is -2.30. The molecule has 1 amide bonds. The first-order valence-electron chi connectivity index (χ1n) is 10.0. The fraction of sp³-hybridized carbons (Fsp3) is 0.500. The second kappa shape index (κ2) is 11.8. The van der Waals surface area contributed by atoms with Crippen LogP contribution in [-0.4, -0.2) is 76.2 Å². The van der Waals surface area contributed by atoms with Crippen molar-refractivity contribution in [2.24, 2.45) is 0 Å². The third kappa shape index (κ3) is 7.03. The summed E-state index contributed by atoms with van der Waals surface area (Å²) in [5, 5.41) is 2.95. The first-order chi connectivity index (χ1) is 14.0. The molecule has 0 aliphatic carbocycles. The molecule has 160 valence electrons. The molecule has 0 aliphatic heterocycles.